The average molecular weight is 418 g/mol. The van der Waals surface area contributed by atoms with Crippen molar-refractivity contribution in [2.24, 2.45) is 0 Å². The molecule has 0 aliphatic rings. The third-order valence-electron chi connectivity index (χ3n) is 1.97. The van der Waals surface area contributed by atoms with E-state index in [4.69, 9.17) is 5.26 Å². The second-order valence-electron chi connectivity index (χ2n) is 3.02. The average Bonchev–Trinajstić information content (AvgIpc) is 2.25. The zero-order valence-corrected chi connectivity index (χ0v) is 11.9. The molecule has 0 saturated carbocycles. The standard InChI is InChI=1S/C10H4BrF3INO/c11-3-7(17)6-2-1-5(4-16)9(15)8(6)10(12,13)14/h1-2H,3H2. The predicted octanol–water partition coefficient (Wildman–Crippen LogP) is 3.76. The summed E-state index contributed by atoms with van der Waals surface area (Å²) >= 11 is 4.26. The molecule has 0 unspecified atom stereocenters. The molecule has 0 bridgehead atoms. The topological polar surface area (TPSA) is 40.9 Å². The van der Waals surface area contributed by atoms with Gasteiger partial charge in [-0.15, -0.1) is 0 Å². The molecule has 0 aliphatic heterocycles. The molecular formula is C10H4BrF3INO. The van der Waals surface area contributed by atoms with E-state index >= 15 is 0 Å². The van der Waals surface area contributed by atoms with Gasteiger partial charge in [-0.05, 0) is 34.7 Å². The Morgan fingerprint density at radius 2 is 2.06 bits per heavy atom. The van der Waals surface area contributed by atoms with Crippen molar-refractivity contribution >= 4 is 44.3 Å². The van der Waals surface area contributed by atoms with Gasteiger partial charge < -0.3 is 0 Å². The minimum absolute atomic E-state index is 0.0935. The van der Waals surface area contributed by atoms with Crippen molar-refractivity contribution in [1.82, 2.24) is 0 Å². The Balaban J connectivity index is 3.60. The lowest BCUT2D eigenvalue weighted by atomic mass is 10.0. The van der Waals surface area contributed by atoms with Crippen molar-refractivity contribution in [2.45, 2.75) is 6.18 Å². The summed E-state index contributed by atoms with van der Waals surface area (Å²) in [6.45, 7) is 0. The second-order valence-corrected chi connectivity index (χ2v) is 4.66. The van der Waals surface area contributed by atoms with E-state index in [0.717, 1.165) is 6.07 Å². The molecule has 0 N–H and O–H groups in total. The van der Waals surface area contributed by atoms with Gasteiger partial charge >= 0.3 is 6.18 Å². The summed E-state index contributed by atoms with van der Waals surface area (Å²) in [7, 11) is 0. The first kappa shape index (κ1) is 14.4. The van der Waals surface area contributed by atoms with Gasteiger partial charge in [0.1, 0.15) is 6.07 Å². The maximum absolute atomic E-state index is 12.8. The predicted molar refractivity (Wildman–Crippen MR) is 67.0 cm³/mol. The van der Waals surface area contributed by atoms with E-state index in [1.165, 1.54) is 28.7 Å². The maximum atomic E-state index is 12.8. The van der Waals surface area contributed by atoms with Crippen molar-refractivity contribution in [3.8, 4) is 6.07 Å². The summed E-state index contributed by atoms with van der Waals surface area (Å²) in [5.74, 6) is -0.667. The molecule has 0 aliphatic carbocycles. The first-order chi connectivity index (χ1) is 7.82. The maximum Gasteiger partial charge on any atom is 0.418 e. The minimum atomic E-state index is -4.66. The van der Waals surface area contributed by atoms with Crippen molar-refractivity contribution in [3.05, 3.63) is 32.4 Å². The van der Waals surface area contributed by atoms with Crippen LogP contribution in [0.25, 0.3) is 0 Å². The van der Waals surface area contributed by atoms with Gasteiger partial charge in [-0.1, -0.05) is 15.9 Å². The zero-order chi connectivity index (χ0) is 13.2. The number of benzene rings is 1. The number of hydrogen-bond acceptors (Lipinski definition) is 2. The Bertz CT molecular complexity index is 507. The van der Waals surface area contributed by atoms with Crippen LogP contribution >= 0.6 is 38.5 Å². The fourth-order valence-electron chi connectivity index (χ4n) is 1.24. The van der Waals surface area contributed by atoms with Crippen molar-refractivity contribution in [2.75, 3.05) is 5.33 Å². The monoisotopic (exact) mass is 417 g/mol. The Labute approximate surface area is 117 Å². The van der Waals surface area contributed by atoms with Crippen molar-refractivity contribution < 1.29 is 18.0 Å². The highest BCUT2D eigenvalue weighted by molar-refractivity contribution is 14.1. The molecule has 0 radical (unpaired) electrons. The highest BCUT2D eigenvalue weighted by Gasteiger charge is 2.38. The summed E-state index contributed by atoms with van der Waals surface area (Å²) in [5, 5.41) is 8.48. The summed E-state index contributed by atoms with van der Waals surface area (Å²) < 4.78 is 38.3. The highest BCUT2D eigenvalue weighted by Crippen LogP contribution is 2.37. The lowest BCUT2D eigenvalue weighted by Gasteiger charge is -2.14. The molecule has 0 amide bonds. The Morgan fingerprint density at radius 1 is 1.47 bits per heavy atom. The number of hydrogen-bond donors (Lipinski definition) is 0. The van der Waals surface area contributed by atoms with E-state index in [-0.39, 0.29) is 14.5 Å². The van der Waals surface area contributed by atoms with Gasteiger partial charge in [-0.25, -0.2) is 0 Å². The van der Waals surface area contributed by atoms with Crippen LogP contribution in [0.4, 0.5) is 13.2 Å². The van der Waals surface area contributed by atoms with Gasteiger partial charge in [0.15, 0.2) is 5.78 Å². The number of carbonyl (C=O) groups is 1. The SMILES string of the molecule is N#Cc1ccc(C(=O)CBr)c(C(F)(F)F)c1I. The molecule has 7 heteroatoms. The Hall–Kier alpha value is -0.620. The quantitative estimate of drug-likeness (QED) is 0.417. The number of halogens is 5. The lowest BCUT2D eigenvalue weighted by Crippen LogP contribution is -2.16. The van der Waals surface area contributed by atoms with E-state index in [0.29, 0.717) is 0 Å². The lowest BCUT2D eigenvalue weighted by molar-refractivity contribution is -0.138. The van der Waals surface area contributed by atoms with Crippen LogP contribution in [0.1, 0.15) is 21.5 Å². The van der Waals surface area contributed by atoms with Gasteiger partial charge in [0.05, 0.1) is 16.5 Å². The number of rotatable bonds is 2. The van der Waals surface area contributed by atoms with Crippen molar-refractivity contribution in [1.29, 1.82) is 5.26 Å². The number of nitriles is 1. The van der Waals surface area contributed by atoms with E-state index in [2.05, 4.69) is 15.9 Å². The van der Waals surface area contributed by atoms with Crippen LogP contribution in [0.5, 0.6) is 0 Å². The largest absolute Gasteiger partial charge is 0.418 e. The molecule has 17 heavy (non-hydrogen) atoms. The van der Waals surface area contributed by atoms with Crippen LogP contribution < -0.4 is 0 Å². The number of ketones is 1. The molecule has 0 heterocycles. The number of Topliss-reactive ketones (excluding diaryl/α,β-unsaturated/α-hetero) is 1. The summed E-state index contributed by atoms with van der Waals surface area (Å²) in [6.07, 6.45) is -4.66. The number of alkyl halides is 4. The molecule has 1 aromatic carbocycles. The fraction of sp³-hybridized carbons (Fsp3) is 0.200. The molecule has 90 valence electrons. The number of nitrogens with zero attached hydrogens (tertiary/aromatic N) is 1. The molecule has 0 aromatic heterocycles. The first-order valence-electron chi connectivity index (χ1n) is 4.22. The minimum Gasteiger partial charge on any atom is -0.293 e. The molecule has 1 rings (SSSR count). The third-order valence-corrected chi connectivity index (χ3v) is 3.60. The smallest absolute Gasteiger partial charge is 0.293 e. The fourth-order valence-corrected chi connectivity index (χ4v) is 2.44. The Morgan fingerprint density at radius 3 is 2.47 bits per heavy atom. The Kier molecular flexibility index (Phi) is 4.55. The van der Waals surface area contributed by atoms with E-state index < -0.39 is 23.1 Å². The van der Waals surface area contributed by atoms with Gasteiger partial charge in [0, 0.05) is 9.13 Å². The molecule has 1 aromatic rings. The van der Waals surface area contributed by atoms with E-state index in [9.17, 15) is 18.0 Å². The van der Waals surface area contributed by atoms with E-state index in [1.807, 2.05) is 0 Å². The molecule has 2 nitrogen and oxygen atoms in total. The summed E-state index contributed by atoms with van der Waals surface area (Å²) in [5.41, 5.74) is -1.55. The van der Waals surface area contributed by atoms with Crippen LogP contribution in [-0.4, -0.2) is 11.1 Å². The molecule has 0 fully saturated rings. The molecule has 0 spiro atoms. The summed E-state index contributed by atoms with van der Waals surface area (Å²) in [4.78, 5) is 11.4. The van der Waals surface area contributed by atoms with Crippen LogP contribution in [0, 0.1) is 14.9 Å². The van der Waals surface area contributed by atoms with Crippen molar-refractivity contribution in [3.63, 3.8) is 0 Å². The number of carbonyl (C=O) groups excluding carboxylic acids is 1. The van der Waals surface area contributed by atoms with Crippen LogP contribution in [0.3, 0.4) is 0 Å². The van der Waals surface area contributed by atoms with Gasteiger partial charge in [-0.3, -0.25) is 4.79 Å². The summed E-state index contributed by atoms with van der Waals surface area (Å²) in [6, 6.07) is 3.91. The zero-order valence-electron chi connectivity index (χ0n) is 8.11. The molecular weight excluding hydrogens is 414 g/mol. The first-order valence-corrected chi connectivity index (χ1v) is 6.42. The van der Waals surface area contributed by atoms with E-state index in [1.54, 1.807) is 6.07 Å². The molecule has 0 atom stereocenters. The second kappa shape index (κ2) is 5.35. The third kappa shape index (κ3) is 2.98. The normalized spacial score (nSPS) is 11.1. The van der Waals surface area contributed by atoms with Gasteiger partial charge in [-0.2, -0.15) is 18.4 Å². The van der Waals surface area contributed by atoms with Gasteiger partial charge in [0.2, 0.25) is 0 Å². The van der Waals surface area contributed by atoms with Crippen LogP contribution in [0.2, 0.25) is 0 Å². The van der Waals surface area contributed by atoms with Crippen LogP contribution in [-0.2, 0) is 6.18 Å². The molecule has 0 saturated heterocycles. The highest BCUT2D eigenvalue weighted by atomic mass is 127. The van der Waals surface area contributed by atoms with Gasteiger partial charge in [0.25, 0.3) is 0 Å². The van der Waals surface area contributed by atoms with Crippen LogP contribution in [0.15, 0.2) is 12.1 Å².